The van der Waals surface area contributed by atoms with Gasteiger partial charge < -0.3 is 39.4 Å². The number of rotatable bonds is 16. The fourth-order valence-electron chi connectivity index (χ4n) is 1.38. The molecule has 0 fully saturated rings. The highest BCUT2D eigenvalue weighted by atomic mass is 16.6. The maximum Gasteiger partial charge on any atom is 0.330 e. The lowest BCUT2D eigenvalue weighted by Crippen LogP contribution is -2.43. The second kappa shape index (κ2) is 32.2. The smallest absolute Gasteiger partial charge is 0.330 e. The Bertz CT molecular complexity index is 924. The number of carboxylic acids is 4. The molecule has 0 aromatic carbocycles. The first-order valence-corrected chi connectivity index (χ1v) is 11.5. The molecular formula is C29H36O16. The quantitative estimate of drug-likeness (QED) is 0.107. The third-order valence-electron chi connectivity index (χ3n) is 3.45. The molecule has 45 heavy (non-hydrogen) atoms. The lowest BCUT2D eigenvalue weighted by atomic mass is 9.92. The molecule has 0 saturated heterocycles. The van der Waals surface area contributed by atoms with Gasteiger partial charge in [0.25, 0.3) is 0 Å². The Balaban J connectivity index is -0.000000213. The predicted molar refractivity (Wildman–Crippen MR) is 158 cm³/mol. The molecule has 248 valence electrons. The lowest BCUT2D eigenvalue weighted by molar-refractivity contribution is -0.164. The van der Waals surface area contributed by atoms with Crippen molar-refractivity contribution in [1.82, 2.24) is 0 Å². The molecule has 0 rings (SSSR count). The van der Waals surface area contributed by atoms with Crippen molar-refractivity contribution >= 4 is 47.8 Å². The number of carbonyl (C=O) groups is 8. The third kappa shape index (κ3) is 42.3. The molecule has 4 N–H and O–H groups in total. The van der Waals surface area contributed by atoms with Crippen LogP contribution in [0.25, 0.3) is 0 Å². The molecule has 0 radical (unpaired) electrons. The van der Waals surface area contributed by atoms with E-state index in [2.05, 4.69) is 52.6 Å². The molecule has 0 atom stereocenters. The summed E-state index contributed by atoms with van der Waals surface area (Å²) < 4.78 is 19.8. The van der Waals surface area contributed by atoms with Crippen LogP contribution in [0.5, 0.6) is 0 Å². The molecule has 0 saturated carbocycles. The van der Waals surface area contributed by atoms with E-state index in [-0.39, 0.29) is 26.4 Å². The summed E-state index contributed by atoms with van der Waals surface area (Å²) >= 11 is 0. The standard InChI is InChI=1S/C17H20O8.4C3H4O2/c1-5-13(18)22-9-17(10-23-14(19)6-2,11-24-15(20)7-3)12-25-16(21)8-4;4*1-2-3(4)5/h5-8H,1-4,9-12H2;4*2H,1H2,(H,4,5). The van der Waals surface area contributed by atoms with Gasteiger partial charge in [0, 0.05) is 48.6 Å². The van der Waals surface area contributed by atoms with Crippen LogP contribution in [0.4, 0.5) is 0 Å². The summed E-state index contributed by atoms with van der Waals surface area (Å²) in [5.41, 5.74) is -1.34. The van der Waals surface area contributed by atoms with Gasteiger partial charge in [-0.25, -0.2) is 38.4 Å². The highest BCUT2D eigenvalue weighted by Gasteiger charge is 2.37. The van der Waals surface area contributed by atoms with Crippen LogP contribution in [-0.2, 0) is 57.3 Å². The zero-order valence-electron chi connectivity index (χ0n) is 24.3. The van der Waals surface area contributed by atoms with E-state index < -0.39 is 53.2 Å². The maximum atomic E-state index is 11.3. The van der Waals surface area contributed by atoms with Gasteiger partial charge in [0.15, 0.2) is 0 Å². The molecule has 0 amide bonds. The van der Waals surface area contributed by atoms with Crippen molar-refractivity contribution in [2.45, 2.75) is 0 Å². The zero-order chi connectivity index (χ0) is 36.4. The summed E-state index contributed by atoms with van der Waals surface area (Å²) in [6.07, 6.45) is 7.02. The molecule has 0 aromatic heterocycles. The summed E-state index contributed by atoms with van der Waals surface area (Å²) in [6.45, 7) is 23.3. The Kier molecular flexibility index (Phi) is 34.6. The number of ether oxygens (including phenoxy) is 4. The van der Waals surface area contributed by atoms with E-state index >= 15 is 0 Å². The van der Waals surface area contributed by atoms with Crippen molar-refractivity contribution in [1.29, 1.82) is 0 Å². The van der Waals surface area contributed by atoms with Gasteiger partial charge in [-0.3, -0.25) is 0 Å². The second-order valence-corrected chi connectivity index (χ2v) is 6.92. The maximum absolute atomic E-state index is 11.3. The Morgan fingerprint density at radius 1 is 0.378 bits per heavy atom. The molecule has 0 aromatic rings. The molecule has 0 aliphatic rings. The van der Waals surface area contributed by atoms with E-state index in [0.29, 0.717) is 0 Å². The zero-order valence-corrected chi connectivity index (χ0v) is 24.3. The van der Waals surface area contributed by atoms with Crippen LogP contribution in [0.3, 0.4) is 0 Å². The van der Waals surface area contributed by atoms with Crippen molar-refractivity contribution in [3.63, 3.8) is 0 Å². The van der Waals surface area contributed by atoms with E-state index in [4.69, 9.17) is 39.4 Å². The highest BCUT2D eigenvalue weighted by Crippen LogP contribution is 2.21. The van der Waals surface area contributed by atoms with Crippen molar-refractivity contribution < 1.29 is 77.7 Å². The number of aliphatic carboxylic acids is 4. The van der Waals surface area contributed by atoms with E-state index in [1.165, 1.54) is 0 Å². The molecule has 16 heteroatoms. The first kappa shape index (κ1) is 48.4. The Hall–Kier alpha value is -6.32. The molecule has 0 bridgehead atoms. The van der Waals surface area contributed by atoms with Gasteiger partial charge in [0.05, 0.1) is 0 Å². The largest absolute Gasteiger partial charge is 0.478 e. The van der Waals surface area contributed by atoms with Crippen LogP contribution in [-0.4, -0.2) is 94.6 Å². The van der Waals surface area contributed by atoms with Crippen LogP contribution in [0.1, 0.15) is 0 Å². The Morgan fingerprint density at radius 3 is 0.600 bits per heavy atom. The summed E-state index contributed by atoms with van der Waals surface area (Å²) in [5, 5.41) is 30.4. The van der Waals surface area contributed by atoms with E-state index in [1.807, 2.05) is 0 Å². The fraction of sp³-hybridized carbons (Fsp3) is 0.172. The summed E-state index contributed by atoms with van der Waals surface area (Å²) in [5.74, 6) is -6.96. The van der Waals surface area contributed by atoms with Crippen molar-refractivity contribution in [3.05, 3.63) is 101 Å². The number of hydrogen-bond acceptors (Lipinski definition) is 12. The Labute approximate surface area is 258 Å². The van der Waals surface area contributed by atoms with Crippen molar-refractivity contribution in [2.24, 2.45) is 5.41 Å². The second-order valence-electron chi connectivity index (χ2n) is 6.92. The van der Waals surface area contributed by atoms with Crippen molar-refractivity contribution in [2.75, 3.05) is 26.4 Å². The average molecular weight is 641 g/mol. The van der Waals surface area contributed by atoms with Gasteiger partial charge in [-0.15, -0.1) is 0 Å². The first-order valence-electron chi connectivity index (χ1n) is 11.5. The van der Waals surface area contributed by atoms with E-state index in [1.54, 1.807) is 0 Å². The third-order valence-corrected chi connectivity index (χ3v) is 3.45. The van der Waals surface area contributed by atoms with Crippen LogP contribution in [0.2, 0.25) is 0 Å². The summed E-state index contributed by atoms with van der Waals surface area (Å²) in [6, 6.07) is 0. The van der Waals surface area contributed by atoms with Crippen LogP contribution >= 0.6 is 0 Å². The highest BCUT2D eigenvalue weighted by molar-refractivity contribution is 5.83. The number of carbonyl (C=O) groups excluding carboxylic acids is 4. The lowest BCUT2D eigenvalue weighted by Gasteiger charge is -2.31. The number of carboxylic acid groups (broad SMARTS) is 4. The minimum absolute atomic E-state index is 0.378. The molecule has 0 spiro atoms. The monoisotopic (exact) mass is 640 g/mol. The van der Waals surface area contributed by atoms with Crippen LogP contribution < -0.4 is 0 Å². The SMILES string of the molecule is C=CC(=O)O.C=CC(=O)O.C=CC(=O)O.C=CC(=O)O.C=CC(=O)OCC(COC(=O)C=C)(COC(=O)C=C)COC(=O)C=C. The van der Waals surface area contributed by atoms with Gasteiger partial charge in [-0.2, -0.15) is 0 Å². The molecule has 16 nitrogen and oxygen atoms in total. The number of esters is 4. The summed E-state index contributed by atoms with van der Waals surface area (Å²) in [7, 11) is 0. The fourth-order valence-corrected chi connectivity index (χ4v) is 1.38. The van der Waals surface area contributed by atoms with E-state index in [0.717, 1.165) is 48.6 Å². The van der Waals surface area contributed by atoms with Crippen LogP contribution in [0.15, 0.2) is 101 Å². The molecule has 0 aliphatic carbocycles. The Morgan fingerprint density at radius 2 is 0.511 bits per heavy atom. The van der Waals surface area contributed by atoms with Crippen molar-refractivity contribution in [3.8, 4) is 0 Å². The topological polar surface area (TPSA) is 254 Å². The summed E-state index contributed by atoms with van der Waals surface area (Å²) in [4.78, 5) is 82.3. The minimum Gasteiger partial charge on any atom is -0.478 e. The first-order chi connectivity index (χ1) is 20.9. The molecule has 0 unspecified atom stereocenters. The number of hydrogen-bond donors (Lipinski definition) is 4. The minimum atomic E-state index is -1.34. The molecule has 0 aliphatic heterocycles. The molecular weight excluding hydrogens is 604 g/mol. The van der Waals surface area contributed by atoms with Gasteiger partial charge in [-0.05, 0) is 0 Å². The van der Waals surface area contributed by atoms with Crippen LogP contribution in [0, 0.1) is 5.41 Å². The van der Waals surface area contributed by atoms with Gasteiger partial charge in [0.2, 0.25) is 0 Å². The van der Waals surface area contributed by atoms with Gasteiger partial charge in [0.1, 0.15) is 31.8 Å². The van der Waals surface area contributed by atoms with Gasteiger partial charge >= 0.3 is 47.8 Å². The molecule has 0 heterocycles. The normalized spacial score (nSPS) is 8.36. The van der Waals surface area contributed by atoms with Gasteiger partial charge in [-0.1, -0.05) is 52.6 Å². The predicted octanol–water partition coefficient (Wildman–Crippen LogP) is 1.92. The average Bonchev–Trinajstić information content (AvgIpc) is 3.03. The van der Waals surface area contributed by atoms with E-state index in [9.17, 15) is 38.4 Å².